The zero-order chi connectivity index (χ0) is 26.4. The Bertz CT molecular complexity index is 1220. The van der Waals surface area contributed by atoms with Crippen LogP contribution in [0.4, 0.5) is 9.59 Å². The first-order valence-corrected chi connectivity index (χ1v) is 12.5. The second kappa shape index (κ2) is 11.5. The predicted octanol–water partition coefficient (Wildman–Crippen LogP) is 5.28. The molecule has 0 spiro atoms. The van der Waals surface area contributed by atoms with Gasteiger partial charge >= 0.3 is 12.2 Å². The van der Waals surface area contributed by atoms with E-state index in [-0.39, 0.29) is 25.7 Å². The van der Waals surface area contributed by atoms with Gasteiger partial charge in [0.25, 0.3) is 0 Å². The average molecular weight is 503 g/mol. The summed E-state index contributed by atoms with van der Waals surface area (Å²) >= 11 is 0. The molecule has 0 bridgehead atoms. The van der Waals surface area contributed by atoms with Gasteiger partial charge in [-0.15, -0.1) is 0 Å². The molecule has 3 N–H and O–H groups in total. The van der Waals surface area contributed by atoms with Crippen LogP contribution < -0.4 is 10.6 Å². The average Bonchev–Trinajstić information content (AvgIpc) is 3.19. The summed E-state index contributed by atoms with van der Waals surface area (Å²) in [5, 5.41) is 15.3. The summed E-state index contributed by atoms with van der Waals surface area (Å²) in [7, 11) is 0. The molecule has 37 heavy (non-hydrogen) atoms. The number of amides is 2. The second-order valence-corrected chi connectivity index (χ2v) is 10.1. The number of aliphatic hydroxyl groups is 1. The molecule has 0 atom stereocenters. The molecule has 3 aromatic rings. The maximum Gasteiger partial charge on any atom is 0.407 e. The number of aliphatic hydroxyl groups excluding tert-OH is 1. The standard InChI is InChI=1S/C30H34N2O5/c1-30(2,3)37-29(35)32-17-21-13-12-20(16-22(21)18-33)14-15-31-28(34)36-19-27-25-10-6-4-8-23(25)24-9-5-7-11-26(24)27/h4-13,16,27,33H,14-15,17-19H2,1-3H3,(H,31,34)(H,32,35). The quantitative estimate of drug-likeness (QED) is 0.389. The van der Waals surface area contributed by atoms with Gasteiger partial charge in [-0.25, -0.2) is 9.59 Å². The van der Waals surface area contributed by atoms with E-state index in [9.17, 15) is 14.7 Å². The molecule has 0 aliphatic heterocycles. The van der Waals surface area contributed by atoms with Gasteiger partial charge in [0.15, 0.2) is 0 Å². The number of alkyl carbamates (subject to hydrolysis) is 2. The summed E-state index contributed by atoms with van der Waals surface area (Å²) in [6, 6.07) is 22.1. The Kier molecular flexibility index (Phi) is 8.14. The van der Waals surface area contributed by atoms with Crippen molar-refractivity contribution in [2.24, 2.45) is 0 Å². The Morgan fingerprint density at radius 1 is 0.865 bits per heavy atom. The minimum Gasteiger partial charge on any atom is -0.449 e. The Hall–Kier alpha value is -3.84. The Morgan fingerprint density at radius 3 is 2.14 bits per heavy atom. The van der Waals surface area contributed by atoms with E-state index in [0.29, 0.717) is 13.0 Å². The zero-order valence-electron chi connectivity index (χ0n) is 21.5. The molecule has 0 radical (unpaired) electrons. The Balaban J connectivity index is 1.26. The number of fused-ring (bicyclic) bond motifs is 3. The molecule has 0 fully saturated rings. The highest BCUT2D eigenvalue weighted by atomic mass is 16.6. The minimum atomic E-state index is -0.575. The molecule has 1 aliphatic rings. The third-order valence-corrected chi connectivity index (χ3v) is 6.29. The van der Waals surface area contributed by atoms with Gasteiger partial charge in [-0.3, -0.25) is 0 Å². The van der Waals surface area contributed by atoms with E-state index < -0.39 is 17.8 Å². The van der Waals surface area contributed by atoms with Gasteiger partial charge in [-0.2, -0.15) is 0 Å². The predicted molar refractivity (Wildman–Crippen MR) is 142 cm³/mol. The van der Waals surface area contributed by atoms with Gasteiger partial charge in [0, 0.05) is 19.0 Å². The fourth-order valence-corrected chi connectivity index (χ4v) is 4.59. The molecular weight excluding hydrogens is 468 g/mol. The van der Waals surface area contributed by atoms with Crippen LogP contribution in [0.15, 0.2) is 66.7 Å². The normalized spacial score (nSPS) is 12.4. The first kappa shape index (κ1) is 26.2. The highest BCUT2D eigenvalue weighted by Crippen LogP contribution is 2.44. The fourth-order valence-electron chi connectivity index (χ4n) is 4.59. The van der Waals surface area contributed by atoms with E-state index in [1.807, 2.05) is 42.5 Å². The van der Waals surface area contributed by atoms with Crippen LogP contribution in [0, 0.1) is 0 Å². The Labute approximate surface area is 217 Å². The lowest BCUT2D eigenvalue weighted by atomic mass is 9.98. The summed E-state index contributed by atoms with van der Waals surface area (Å²) in [5.41, 5.74) is 6.64. The van der Waals surface area contributed by atoms with Crippen molar-refractivity contribution >= 4 is 12.2 Å². The van der Waals surface area contributed by atoms with Crippen molar-refractivity contribution in [2.75, 3.05) is 13.2 Å². The van der Waals surface area contributed by atoms with Crippen molar-refractivity contribution in [3.05, 3.63) is 94.5 Å². The number of hydrogen-bond donors (Lipinski definition) is 3. The van der Waals surface area contributed by atoms with Crippen LogP contribution in [0.2, 0.25) is 0 Å². The summed E-state index contributed by atoms with van der Waals surface area (Å²) in [4.78, 5) is 24.3. The van der Waals surface area contributed by atoms with E-state index in [4.69, 9.17) is 9.47 Å². The lowest BCUT2D eigenvalue weighted by Crippen LogP contribution is -2.32. The Morgan fingerprint density at radius 2 is 1.51 bits per heavy atom. The minimum absolute atomic E-state index is 0.0205. The summed E-state index contributed by atoms with van der Waals surface area (Å²) < 4.78 is 10.8. The highest BCUT2D eigenvalue weighted by molar-refractivity contribution is 5.79. The van der Waals surface area contributed by atoms with E-state index >= 15 is 0 Å². The number of rotatable bonds is 8. The van der Waals surface area contributed by atoms with Crippen molar-refractivity contribution in [1.29, 1.82) is 0 Å². The van der Waals surface area contributed by atoms with Crippen molar-refractivity contribution in [3.8, 4) is 11.1 Å². The number of carbonyl (C=O) groups excluding carboxylic acids is 2. The maximum absolute atomic E-state index is 12.4. The van der Waals surface area contributed by atoms with Crippen molar-refractivity contribution < 1.29 is 24.2 Å². The summed E-state index contributed by atoms with van der Waals surface area (Å²) in [5.74, 6) is 0.0205. The molecule has 194 valence electrons. The van der Waals surface area contributed by atoms with Crippen LogP contribution in [-0.2, 0) is 29.0 Å². The lowest BCUT2D eigenvalue weighted by Gasteiger charge is -2.20. The molecular formula is C30H34N2O5. The molecule has 0 saturated heterocycles. The van der Waals surface area contributed by atoms with Crippen molar-refractivity contribution in [1.82, 2.24) is 10.6 Å². The van der Waals surface area contributed by atoms with Crippen LogP contribution >= 0.6 is 0 Å². The number of hydrogen-bond acceptors (Lipinski definition) is 5. The molecule has 0 unspecified atom stereocenters. The smallest absolute Gasteiger partial charge is 0.407 e. The number of carbonyl (C=O) groups is 2. The van der Waals surface area contributed by atoms with Crippen molar-refractivity contribution in [2.45, 2.75) is 51.9 Å². The van der Waals surface area contributed by atoms with Gasteiger partial charge in [0.1, 0.15) is 12.2 Å². The second-order valence-electron chi connectivity index (χ2n) is 10.1. The molecule has 2 amide bonds. The topological polar surface area (TPSA) is 96.9 Å². The number of benzene rings is 3. The summed E-state index contributed by atoms with van der Waals surface area (Å²) in [6.07, 6.45) is -0.382. The molecule has 1 aliphatic carbocycles. The monoisotopic (exact) mass is 502 g/mol. The van der Waals surface area contributed by atoms with Gasteiger partial charge < -0.3 is 25.2 Å². The first-order chi connectivity index (χ1) is 17.7. The highest BCUT2D eigenvalue weighted by Gasteiger charge is 2.29. The molecule has 7 nitrogen and oxygen atoms in total. The third-order valence-electron chi connectivity index (χ3n) is 6.29. The van der Waals surface area contributed by atoms with Crippen LogP contribution in [0.25, 0.3) is 11.1 Å². The number of nitrogens with one attached hydrogen (secondary N) is 2. The number of ether oxygens (including phenoxy) is 2. The zero-order valence-corrected chi connectivity index (χ0v) is 21.5. The lowest BCUT2D eigenvalue weighted by molar-refractivity contribution is 0.0523. The van der Waals surface area contributed by atoms with E-state index in [1.165, 1.54) is 22.3 Å². The van der Waals surface area contributed by atoms with Crippen LogP contribution in [0.5, 0.6) is 0 Å². The van der Waals surface area contributed by atoms with E-state index in [2.05, 4.69) is 34.9 Å². The third kappa shape index (κ3) is 6.68. The largest absolute Gasteiger partial charge is 0.449 e. The van der Waals surface area contributed by atoms with E-state index in [0.717, 1.165) is 16.7 Å². The van der Waals surface area contributed by atoms with Crippen LogP contribution in [0.3, 0.4) is 0 Å². The van der Waals surface area contributed by atoms with E-state index in [1.54, 1.807) is 20.8 Å². The molecule has 3 aromatic carbocycles. The first-order valence-electron chi connectivity index (χ1n) is 12.5. The van der Waals surface area contributed by atoms with Gasteiger partial charge in [-0.1, -0.05) is 66.7 Å². The van der Waals surface area contributed by atoms with Gasteiger partial charge in [0.05, 0.1) is 6.61 Å². The molecule has 0 aromatic heterocycles. The SMILES string of the molecule is CC(C)(C)OC(=O)NCc1ccc(CCNC(=O)OCC2c3ccccc3-c3ccccc32)cc1CO. The van der Waals surface area contributed by atoms with Crippen molar-refractivity contribution in [3.63, 3.8) is 0 Å². The maximum atomic E-state index is 12.4. The van der Waals surface area contributed by atoms with Crippen LogP contribution in [-0.4, -0.2) is 36.0 Å². The fraction of sp³-hybridized carbons (Fsp3) is 0.333. The van der Waals surface area contributed by atoms with Crippen LogP contribution in [0.1, 0.15) is 54.5 Å². The summed E-state index contributed by atoms with van der Waals surface area (Å²) in [6.45, 7) is 6.18. The molecule has 0 saturated carbocycles. The van der Waals surface area contributed by atoms with Gasteiger partial charge in [0.2, 0.25) is 0 Å². The molecule has 4 rings (SSSR count). The molecule has 0 heterocycles. The van der Waals surface area contributed by atoms with Gasteiger partial charge in [-0.05, 0) is 66.1 Å². The molecule has 7 heteroatoms.